The number of hydrazone groups is 1. The Kier molecular flexibility index (Phi) is 5.85. The minimum Gasteiger partial charge on any atom is -0.493 e. The van der Waals surface area contributed by atoms with Gasteiger partial charge >= 0.3 is 0 Å². The van der Waals surface area contributed by atoms with Crippen molar-refractivity contribution in [3.8, 4) is 11.5 Å². The lowest BCUT2D eigenvalue weighted by atomic mass is 10.2. The molecule has 5 nitrogen and oxygen atoms in total. The monoisotopic (exact) mass is 355 g/mol. The Bertz CT molecular complexity index is 828. The third-order valence-electron chi connectivity index (χ3n) is 3.61. The number of hydrogen-bond donors (Lipinski definition) is 1. The lowest BCUT2D eigenvalue weighted by molar-refractivity contribution is 0.288. The van der Waals surface area contributed by atoms with Crippen molar-refractivity contribution >= 4 is 32.9 Å². The predicted octanol–water partition coefficient (Wildman–Crippen LogP) is 4.93. The molecule has 3 rings (SSSR count). The van der Waals surface area contributed by atoms with E-state index in [4.69, 9.17) is 9.47 Å². The maximum atomic E-state index is 5.74. The number of anilines is 1. The summed E-state index contributed by atoms with van der Waals surface area (Å²) < 4.78 is 12.3. The van der Waals surface area contributed by atoms with E-state index >= 15 is 0 Å². The van der Waals surface area contributed by atoms with E-state index < -0.39 is 0 Å². The lowest BCUT2D eigenvalue weighted by Crippen LogP contribution is -1.99. The van der Waals surface area contributed by atoms with Crippen LogP contribution in [0.2, 0.25) is 0 Å². The lowest BCUT2D eigenvalue weighted by Gasteiger charge is -2.10. The summed E-state index contributed by atoms with van der Waals surface area (Å²) >= 11 is 1.57. The van der Waals surface area contributed by atoms with Crippen molar-refractivity contribution in [2.75, 3.05) is 19.1 Å². The SMILES string of the molecule is CCCCOc1ccc(/C=N\Nc2nc3ccccc3s2)cc1OC. The van der Waals surface area contributed by atoms with Crippen molar-refractivity contribution in [3.05, 3.63) is 48.0 Å². The fourth-order valence-electron chi connectivity index (χ4n) is 2.29. The third-order valence-corrected chi connectivity index (χ3v) is 4.55. The van der Waals surface area contributed by atoms with Crippen molar-refractivity contribution in [2.24, 2.45) is 5.10 Å². The van der Waals surface area contributed by atoms with Gasteiger partial charge in [-0.05, 0) is 42.3 Å². The molecule has 130 valence electrons. The second-order valence-electron chi connectivity index (χ2n) is 5.47. The number of thiazole rings is 1. The van der Waals surface area contributed by atoms with Crippen LogP contribution in [0.15, 0.2) is 47.6 Å². The number of benzene rings is 2. The van der Waals surface area contributed by atoms with E-state index in [2.05, 4.69) is 22.4 Å². The van der Waals surface area contributed by atoms with Crippen LogP contribution in [-0.2, 0) is 0 Å². The van der Waals surface area contributed by atoms with Crippen LogP contribution >= 0.6 is 11.3 Å². The highest BCUT2D eigenvalue weighted by Gasteiger charge is 2.05. The Hall–Kier alpha value is -2.60. The molecule has 0 amide bonds. The third kappa shape index (κ3) is 4.48. The largest absolute Gasteiger partial charge is 0.493 e. The zero-order valence-corrected chi connectivity index (χ0v) is 15.2. The first-order valence-corrected chi connectivity index (χ1v) is 9.07. The van der Waals surface area contributed by atoms with Gasteiger partial charge in [0.2, 0.25) is 5.13 Å². The summed E-state index contributed by atoms with van der Waals surface area (Å²) in [5.41, 5.74) is 4.88. The molecular formula is C19H21N3O2S. The summed E-state index contributed by atoms with van der Waals surface area (Å²) in [5, 5.41) is 5.03. The van der Waals surface area contributed by atoms with Crippen LogP contribution in [0.25, 0.3) is 10.2 Å². The molecule has 0 bridgehead atoms. The molecule has 0 spiro atoms. The quantitative estimate of drug-likeness (QED) is 0.354. The minimum atomic E-state index is 0.694. The molecule has 0 saturated heterocycles. The van der Waals surface area contributed by atoms with Gasteiger partial charge in [0.15, 0.2) is 11.5 Å². The molecule has 0 unspecified atom stereocenters. The summed E-state index contributed by atoms with van der Waals surface area (Å²) in [6.07, 6.45) is 3.87. The predicted molar refractivity (Wildman–Crippen MR) is 104 cm³/mol. The van der Waals surface area contributed by atoms with Crippen molar-refractivity contribution in [3.63, 3.8) is 0 Å². The van der Waals surface area contributed by atoms with Gasteiger partial charge in [-0.3, -0.25) is 5.43 Å². The minimum absolute atomic E-state index is 0.694. The van der Waals surface area contributed by atoms with Crippen LogP contribution in [0.4, 0.5) is 5.13 Å². The summed E-state index contributed by atoms with van der Waals surface area (Å²) in [5.74, 6) is 1.47. The highest BCUT2D eigenvalue weighted by molar-refractivity contribution is 7.22. The fourth-order valence-corrected chi connectivity index (χ4v) is 3.11. The maximum Gasteiger partial charge on any atom is 0.204 e. The van der Waals surface area contributed by atoms with E-state index in [1.807, 2.05) is 42.5 Å². The zero-order chi connectivity index (χ0) is 17.5. The van der Waals surface area contributed by atoms with E-state index in [1.165, 1.54) is 0 Å². The molecule has 1 N–H and O–H groups in total. The molecule has 0 radical (unpaired) electrons. The maximum absolute atomic E-state index is 5.74. The van der Waals surface area contributed by atoms with Crippen LogP contribution in [0.3, 0.4) is 0 Å². The number of ether oxygens (including phenoxy) is 2. The average molecular weight is 355 g/mol. The zero-order valence-electron chi connectivity index (χ0n) is 14.4. The Balaban J connectivity index is 1.66. The van der Waals surface area contributed by atoms with Crippen molar-refractivity contribution in [1.82, 2.24) is 4.98 Å². The van der Waals surface area contributed by atoms with E-state index in [0.717, 1.165) is 39.5 Å². The van der Waals surface area contributed by atoms with Crippen molar-refractivity contribution in [2.45, 2.75) is 19.8 Å². The van der Waals surface area contributed by atoms with Gasteiger partial charge in [0.25, 0.3) is 0 Å². The number of nitrogens with one attached hydrogen (secondary N) is 1. The van der Waals surface area contributed by atoms with Crippen LogP contribution in [-0.4, -0.2) is 24.9 Å². The molecular weight excluding hydrogens is 334 g/mol. The molecule has 1 heterocycles. The topological polar surface area (TPSA) is 55.7 Å². The standard InChI is InChI=1S/C19H21N3O2S/c1-3-4-11-24-16-10-9-14(12-17(16)23-2)13-20-22-19-21-15-7-5-6-8-18(15)25-19/h5-10,12-13H,3-4,11H2,1-2H3,(H,21,22)/b20-13-. The Labute approximate surface area is 151 Å². The molecule has 0 fully saturated rings. The Morgan fingerprint density at radius 2 is 2.08 bits per heavy atom. The van der Waals surface area contributed by atoms with Gasteiger partial charge in [-0.15, -0.1) is 0 Å². The molecule has 6 heteroatoms. The molecule has 0 aliphatic heterocycles. The van der Waals surface area contributed by atoms with E-state index in [1.54, 1.807) is 24.7 Å². The highest BCUT2D eigenvalue weighted by atomic mass is 32.1. The highest BCUT2D eigenvalue weighted by Crippen LogP contribution is 2.28. The van der Waals surface area contributed by atoms with Crippen molar-refractivity contribution < 1.29 is 9.47 Å². The first-order chi connectivity index (χ1) is 12.3. The molecule has 0 aliphatic rings. The summed E-state index contributed by atoms with van der Waals surface area (Å²) in [6.45, 7) is 2.83. The van der Waals surface area contributed by atoms with E-state index in [9.17, 15) is 0 Å². The van der Waals surface area contributed by atoms with Gasteiger partial charge in [0, 0.05) is 0 Å². The number of methoxy groups -OCH3 is 1. The number of fused-ring (bicyclic) bond motifs is 1. The number of para-hydroxylation sites is 1. The van der Waals surface area contributed by atoms with Gasteiger partial charge in [-0.2, -0.15) is 5.10 Å². The van der Waals surface area contributed by atoms with Gasteiger partial charge in [-0.1, -0.05) is 36.8 Å². The first kappa shape index (κ1) is 17.2. The normalized spacial score (nSPS) is 11.1. The summed E-state index contributed by atoms with van der Waals surface area (Å²) in [6, 6.07) is 13.8. The number of unbranched alkanes of at least 4 members (excludes halogenated alkanes) is 1. The van der Waals surface area contributed by atoms with Crippen molar-refractivity contribution in [1.29, 1.82) is 0 Å². The fraction of sp³-hybridized carbons (Fsp3) is 0.263. The molecule has 25 heavy (non-hydrogen) atoms. The van der Waals surface area contributed by atoms with Crippen LogP contribution in [0.5, 0.6) is 11.5 Å². The number of nitrogens with zero attached hydrogens (tertiary/aromatic N) is 2. The molecule has 1 aromatic heterocycles. The smallest absolute Gasteiger partial charge is 0.204 e. The number of aromatic nitrogens is 1. The summed E-state index contributed by atoms with van der Waals surface area (Å²) in [4.78, 5) is 4.48. The molecule has 0 saturated carbocycles. The number of rotatable bonds is 8. The van der Waals surface area contributed by atoms with Crippen LogP contribution in [0, 0.1) is 0 Å². The molecule has 0 aliphatic carbocycles. The van der Waals surface area contributed by atoms with Gasteiger partial charge in [0.05, 0.1) is 30.1 Å². The second-order valence-corrected chi connectivity index (χ2v) is 6.50. The molecule has 3 aromatic rings. The van der Waals surface area contributed by atoms with E-state index in [0.29, 0.717) is 12.4 Å². The summed E-state index contributed by atoms with van der Waals surface area (Å²) in [7, 11) is 1.64. The van der Waals surface area contributed by atoms with E-state index in [-0.39, 0.29) is 0 Å². The Morgan fingerprint density at radius 1 is 1.20 bits per heavy atom. The first-order valence-electron chi connectivity index (χ1n) is 8.25. The second kappa shape index (κ2) is 8.48. The van der Waals surface area contributed by atoms with Gasteiger partial charge < -0.3 is 9.47 Å². The Morgan fingerprint density at radius 3 is 2.88 bits per heavy atom. The molecule has 2 aromatic carbocycles. The molecule has 0 atom stereocenters. The van der Waals surface area contributed by atoms with Gasteiger partial charge in [0.1, 0.15) is 0 Å². The van der Waals surface area contributed by atoms with Gasteiger partial charge in [-0.25, -0.2) is 4.98 Å². The average Bonchev–Trinajstić information content (AvgIpc) is 3.05. The number of hydrogen-bond acceptors (Lipinski definition) is 6. The van der Waals surface area contributed by atoms with Crippen LogP contribution in [0.1, 0.15) is 25.3 Å². The van der Waals surface area contributed by atoms with Crippen LogP contribution < -0.4 is 14.9 Å².